The highest BCUT2D eigenvalue weighted by Crippen LogP contribution is 2.28. The molecule has 1 rings (SSSR count). The van der Waals surface area contributed by atoms with Gasteiger partial charge >= 0.3 is 0 Å². The summed E-state index contributed by atoms with van der Waals surface area (Å²) < 4.78 is 11.1. The molecule has 4 nitrogen and oxygen atoms in total. The average molecular weight is 252 g/mol. The monoisotopic (exact) mass is 252 g/mol. The normalized spacial score (nSPS) is 12.2. The minimum atomic E-state index is 0.312. The standard InChI is InChI=1S/C14H24N2O2/c1-4-17-13-7-6-12(8-14(13)18-5-2)10-16-11(3)9-15/h6-8,11,16H,4-5,9-10,15H2,1-3H3/t11-/m1/s1. The van der Waals surface area contributed by atoms with Crippen molar-refractivity contribution in [1.29, 1.82) is 0 Å². The number of ether oxygens (including phenoxy) is 2. The van der Waals surface area contributed by atoms with E-state index in [-0.39, 0.29) is 0 Å². The molecule has 0 saturated carbocycles. The smallest absolute Gasteiger partial charge is 0.161 e. The highest BCUT2D eigenvalue weighted by atomic mass is 16.5. The highest BCUT2D eigenvalue weighted by molar-refractivity contribution is 5.43. The van der Waals surface area contributed by atoms with Crippen LogP contribution in [0.5, 0.6) is 11.5 Å². The molecule has 1 aromatic rings. The maximum absolute atomic E-state index is 5.59. The SMILES string of the molecule is CCOc1ccc(CN[C@H](C)CN)cc1OCC. The van der Waals surface area contributed by atoms with E-state index in [1.165, 1.54) is 5.56 Å². The molecule has 1 aromatic carbocycles. The summed E-state index contributed by atoms with van der Waals surface area (Å²) in [6, 6.07) is 6.33. The van der Waals surface area contributed by atoms with Gasteiger partial charge in [0.25, 0.3) is 0 Å². The van der Waals surface area contributed by atoms with Crippen molar-refractivity contribution in [2.75, 3.05) is 19.8 Å². The van der Waals surface area contributed by atoms with Gasteiger partial charge in [0.15, 0.2) is 11.5 Å². The first-order valence-corrected chi connectivity index (χ1v) is 6.53. The Morgan fingerprint density at radius 2 is 1.83 bits per heavy atom. The zero-order valence-corrected chi connectivity index (χ0v) is 11.5. The van der Waals surface area contributed by atoms with Crippen LogP contribution in [0.2, 0.25) is 0 Å². The predicted octanol–water partition coefficient (Wildman–Crippen LogP) is 1.92. The van der Waals surface area contributed by atoms with Crippen LogP contribution >= 0.6 is 0 Å². The molecule has 0 aliphatic carbocycles. The lowest BCUT2D eigenvalue weighted by molar-refractivity contribution is 0.287. The molecular weight excluding hydrogens is 228 g/mol. The molecule has 0 saturated heterocycles. The van der Waals surface area contributed by atoms with Gasteiger partial charge in [-0.25, -0.2) is 0 Å². The van der Waals surface area contributed by atoms with Gasteiger partial charge in [-0.2, -0.15) is 0 Å². The Balaban J connectivity index is 2.72. The second-order valence-electron chi connectivity index (χ2n) is 4.16. The Bertz CT molecular complexity index is 356. The zero-order valence-electron chi connectivity index (χ0n) is 11.5. The van der Waals surface area contributed by atoms with Crippen LogP contribution in [-0.2, 0) is 6.54 Å². The maximum Gasteiger partial charge on any atom is 0.161 e. The van der Waals surface area contributed by atoms with Crippen LogP contribution in [0, 0.1) is 0 Å². The topological polar surface area (TPSA) is 56.5 Å². The molecule has 0 unspecified atom stereocenters. The van der Waals surface area contributed by atoms with Crippen LogP contribution in [0.4, 0.5) is 0 Å². The van der Waals surface area contributed by atoms with E-state index in [2.05, 4.69) is 12.2 Å². The third-order valence-corrected chi connectivity index (χ3v) is 2.62. The van der Waals surface area contributed by atoms with Gasteiger partial charge < -0.3 is 20.5 Å². The average Bonchev–Trinajstić information content (AvgIpc) is 2.39. The van der Waals surface area contributed by atoms with Crippen LogP contribution in [0.3, 0.4) is 0 Å². The van der Waals surface area contributed by atoms with Crippen LogP contribution in [0.1, 0.15) is 26.3 Å². The van der Waals surface area contributed by atoms with E-state index in [9.17, 15) is 0 Å². The van der Waals surface area contributed by atoms with E-state index >= 15 is 0 Å². The van der Waals surface area contributed by atoms with Crippen molar-refractivity contribution in [3.05, 3.63) is 23.8 Å². The molecule has 0 fully saturated rings. The maximum atomic E-state index is 5.59. The van der Waals surface area contributed by atoms with E-state index < -0.39 is 0 Å². The summed E-state index contributed by atoms with van der Waals surface area (Å²) in [5.41, 5.74) is 6.74. The Morgan fingerprint density at radius 3 is 2.44 bits per heavy atom. The Kier molecular flexibility index (Phi) is 6.54. The number of nitrogens with two attached hydrogens (primary N) is 1. The number of benzene rings is 1. The lowest BCUT2D eigenvalue weighted by atomic mass is 10.2. The van der Waals surface area contributed by atoms with Crippen molar-refractivity contribution in [2.45, 2.75) is 33.4 Å². The molecule has 102 valence electrons. The van der Waals surface area contributed by atoms with Gasteiger partial charge in [-0.1, -0.05) is 6.07 Å². The first-order chi connectivity index (χ1) is 8.71. The van der Waals surface area contributed by atoms with Gasteiger partial charge in [-0.3, -0.25) is 0 Å². The van der Waals surface area contributed by atoms with Crippen molar-refractivity contribution < 1.29 is 9.47 Å². The summed E-state index contributed by atoms with van der Waals surface area (Å²) in [5, 5.41) is 3.35. The van der Waals surface area contributed by atoms with Crippen molar-refractivity contribution >= 4 is 0 Å². The van der Waals surface area contributed by atoms with Gasteiger partial charge in [0.05, 0.1) is 13.2 Å². The van der Waals surface area contributed by atoms with Gasteiger partial charge in [0.1, 0.15) is 0 Å². The third-order valence-electron chi connectivity index (χ3n) is 2.62. The van der Waals surface area contributed by atoms with Gasteiger partial charge in [0, 0.05) is 19.1 Å². The van der Waals surface area contributed by atoms with Crippen LogP contribution < -0.4 is 20.5 Å². The lowest BCUT2D eigenvalue weighted by Crippen LogP contribution is -2.32. The third kappa shape index (κ3) is 4.55. The number of hydrogen-bond acceptors (Lipinski definition) is 4. The summed E-state index contributed by atoms with van der Waals surface area (Å²) in [5.74, 6) is 1.61. The fourth-order valence-electron chi connectivity index (χ4n) is 1.58. The molecule has 0 radical (unpaired) electrons. The molecule has 0 heterocycles. The van der Waals surface area contributed by atoms with Crippen molar-refractivity contribution in [1.82, 2.24) is 5.32 Å². The van der Waals surface area contributed by atoms with Crippen LogP contribution in [0.15, 0.2) is 18.2 Å². The Hall–Kier alpha value is -1.26. The second kappa shape index (κ2) is 7.95. The van der Waals surface area contributed by atoms with E-state index in [0.717, 1.165) is 18.0 Å². The van der Waals surface area contributed by atoms with E-state index in [1.807, 2.05) is 32.0 Å². The number of hydrogen-bond donors (Lipinski definition) is 2. The van der Waals surface area contributed by atoms with Crippen molar-refractivity contribution in [2.24, 2.45) is 5.73 Å². The van der Waals surface area contributed by atoms with Gasteiger partial charge in [-0.15, -0.1) is 0 Å². The minimum absolute atomic E-state index is 0.312. The first-order valence-electron chi connectivity index (χ1n) is 6.53. The van der Waals surface area contributed by atoms with E-state index in [1.54, 1.807) is 0 Å². The van der Waals surface area contributed by atoms with Crippen molar-refractivity contribution in [3.8, 4) is 11.5 Å². The van der Waals surface area contributed by atoms with Crippen molar-refractivity contribution in [3.63, 3.8) is 0 Å². The second-order valence-corrected chi connectivity index (χ2v) is 4.16. The van der Waals surface area contributed by atoms with E-state index in [0.29, 0.717) is 25.8 Å². The van der Waals surface area contributed by atoms with Gasteiger partial charge in [0.2, 0.25) is 0 Å². The summed E-state index contributed by atoms with van der Waals surface area (Å²) in [6.07, 6.45) is 0. The molecule has 1 atom stereocenters. The first kappa shape index (κ1) is 14.8. The summed E-state index contributed by atoms with van der Waals surface area (Å²) in [4.78, 5) is 0. The van der Waals surface area contributed by atoms with E-state index in [4.69, 9.17) is 15.2 Å². The molecule has 0 aromatic heterocycles. The van der Waals surface area contributed by atoms with Gasteiger partial charge in [-0.05, 0) is 38.5 Å². The molecule has 0 bridgehead atoms. The molecule has 0 aliphatic heterocycles. The largest absolute Gasteiger partial charge is 0.490 e. The number of rotatable bonds is 8. The fraction of sp³-hybridized carbons (Fsp3) is 0.571. The Labute approximate surface area is 109 Å². The fourth-order valence-corrected chi connectivity index (χ4v) is 1.58. The number of nitrogens with one attached hydrogen (secondary N) is 1. The molecule has 3 N–H and O–H groups in total. The summed E-state index contributed by atoms with van der Waals surface area (Å²) in [7, 11) is 0. The molecule has 0 aliphatic rings. The lowest BCUT2D eigenvalue weighted by Gasteiger charge is -2.14. The van der Waals surface area contributed by atoms with Crippen LogP contribution in [-0.4, -0.2) is 25.8 Å². The highest BCUT2D eigenvalue weighted by Gasteiger charge is 2.06. The molecular formula is C14H24N2O2. The predicted molar refractivity (Wildman–Crippen MR) is 74.1 cm³/mol. The molecule has 4 heteroatoms. The van der Waals surface area contributed by atoms with Crippen LogP contribution in [0.25, 0.3) is 0 Å². The zero-order chi connectivity index (χ0) is 13.4. The Morgan fingerprint density at radius 1 is 1.17 bits per heavy atom. The quantitative estimate of drug-likeness (QED) is 0.742. The molecule has 0 spiro atoms. The summed E-state index contributed by atoms with van der Waals surface area (Å²) >= 11 is 0. The minimum Gasteiger partial charge on any atom is -0.490 e. The molecule has 18 heavy (non-hydrogen) atoms. The summed E-state index contributed by atoms with van der Waals surface area (Å²) in [6.45, 7) is 8.70. The molecule has 0 amide bonds.